The molecule has 2 nitrogen and oxygen atoms in total. The van der Waals surface area contributed by atoms with Gasteiger partial charge in [0.1, 0.15) is 0 Å². The van der Waals surface area contributed by atoms with E-state index >= 15 is 0 Å². The molecule has 2 heteroatoms. The van der Waals surface area contributed by atoms with Gasteiger partial charge in [-0.3, -0.25) is 4.98 Å². The number of fused-ring (bicyclic) bond motifs is 11. The number of pyridine rings is 1. The van der Waals surface area contributed by atoms with E-state index in [-0.39, 0.29) is 0 Å². The molecule has 0 spiro atoms. The average molecular weight is 447 g/mol. The van der Waals surface area contributed by atoms with E-state index in [9.17, 15) is 0 Å². The molecule has 0 amide bonds. The number of benzene rings is 4. The Morgan fingerprint density at radius 2 is 1.34 bits per heavy atom. The van der Waals surface area contributed by atoms with Gasteiger partial charge in [0.05, 0.1) is 23.3 Å². The lowest BCUT2D eigenvalue weighted by Gasteiger charge is -2.39. The molecule has 0 saturated carbocycles. The first kappa shape index (κ1) is 18.2. The Morgan fingerprint density at radius 3 is 2.31 bits per heavy atom. The highest BCUT2D eigenvalue weighted by atomic mass is 15.2. The van der Waals surface area contributed by atoms with Crippen molar-refractivity contribution in [2.24, 2.45) is 0 Å². The van der Waals surface area contributed by atoms with Gasteiger partial charge in [-0.15, -0.1) is 0 Å². The van der Waals surface area contributed by atoms with E-state index in [0.717, 1.165) is 25.7 Å². The van der Waals surface area contributed by atoms with Crippen LogP contribution in [0.25, 0.3) is 22.3 Å². The maximum absolute atomic E-state index is 4.52. The molecule has 5 aromatic rings. The zero-order chi connectivity index (χ0) is 22.7. The fraction of sp³-hybridized carbons (Fsp3) is 0.121. The summed E-state index contributed by atoms with van der Waals surface area (Å²) in [6.45, 7) is 0. The maximum Gasteiger partial charge on any atom is 0.0680 e. The number of para-hydroxylation sites is 1. The molecule has 2 aliphatic carbocycles. The summed E-state index contributed by atoms with van der Waals surface area (Å²) in [6.07, 6.45) is 8.03. The normalized spacial score (nSPS) is 14.9. The van der Waals surface area contributed by atoms with Gasteiger partial charge in [-0.2, -0.15) is 0 Å². The topological polar surface area (TPSA) is 16.1 Å². The molecule has 0 saturated heterocycles. The van der Waals surface area contributed by atoms with Crippen molar-refractivity contribution < 1.29 is 0 Å². The molecule has 1 aromatic heterocycles. The molecule has 0 fully saturated rings. The van der Waals surface area contributed by atoms with Crippen molar-refractivity contribution >= 4 is 17.1 Å². The molecule has 0 unspecified atom stereocenters. The third-order valence-electron chi connectivity index (χ3n) is 8.59. The predicted molar refractivity (Wildman–Crippen MR) is 141 cm³/mol. The van der Waals surface area contributed by atoms with Crippen molar-refractivity contribution in [3.8, 4) is 22.3 Å². The van der Waals surface area contributed by atoms with Gasteiger partial charge in [0.2, 0.25) is 0 Å². The zero-order valence-electron chi connectivity index (χ0n) is 19.3. The number of hydrogen-bond acceptors (Lipinski definition) is 2. The molecular weight excluding hydrogens is 424 g/mol. The van der Waals surface area contributed by atoms with Crippen molar-refractivity contribution in [3.05, 3.63) is 130 Å². The number of nitrogens with zero attached hydrogens (tertiary/aromatic N) is 2. The Bertz CT molecular complexity index is 1760. The van der Waals surface area contributed by atoms with E-state index in [4.69, 9.17) is 0 Å². The van der Waals surface area contributed by atoms with Gasteiger partial charge in [0, 0.05) is 19.0 Å². The first-order valence-electron chi connectivity index (χ1n) is 12.6. The summed E-state index contributed by atoms with van der Waals surface area (Å²) >= 11 is 0. The highest BCUT2D eigenvalue weighted by molar-refractivity contribution is 5.95. The zero-order valence-corrected chi connectivity index (χ0v) is 19.3. The first-order chi connectivity index (χ1) is 17.3. The third kappa shape index (κ3) is 2.27. The molecule has 35 heavy (non-hydrogen) atoms. The first-order valence-corrected chi connectivity index (χ1v) is 12.6. The highest BCUT2D eigenvalue weighted by Crippen LogP contribution is 2.54. The second-order valence-electron chi connectivity index (χ2n) is 10.4. The summed E-state index contributed by atoms with van der Waals surface area (Å²) in [6, 6.07) is 27.7. The van der Waals surface area contributed by atoms with Crippen molar-refractivity contribution in [1.29, 1.82) is 0 Å². The second kappa shape index (κ2) is 6.28. The summed E-state index contributed by atoms with van der Waals surface area (Å²) < 4.78 is 0. The largest absolute Gasteiger partial charge is 0.308 e. The number of hydrogen-bond donors (Lipinski definition) is 0. The van der Waals surface area contributed by atoms with E-state index in [1.54, 1.807) is 0 Å². The van der Waals surface area contributed by atoms with Crippen LogP contribution in [-0.4, -0.2) is 4.98 Å². The lowest BCUT2D eigenvalue weighted by molar-refractivity contribution is 1.00. The summed E-state index contributed by atoms with van der Waals surface area (Å²) in [5.74, 6) is 0. The van der Waals surface area contributed by atoms with Crippen LogP contribution in [0.3, 0.4) is 0 Å². The molecule has 0 N–H and O–H groups in total. The maximum atomic E-state index is 4.52. The minimum absolute atomic E-state index is 0.978. The van der Waals surface area contributed by atoms with Crippen LogP contribution in [0, 0.1) is 0 Å². The van der Waals surface area contributed by atoms with E-state index in [0.29, 0.717) is 0 Å². The van der Waals surface area contributed by atoms with Crippen LogP contribution in [0.5, 0.6) is 0 Å². The van der Waals surface area contributed by atoms with Gasteiger partial charge in [-0.25, -0.2) is 0 Å². The SMILES string of the molecule is c1ccc2c(c1)Cc1cc3c(cc1-2)-c1c(ccc2c1Cc1cccc4c1N2c1cnccc1C4)C3. The molecular formula is C33H22N2. The number of aromatic nitrogens is 1. The summed E-state index contributed by atoms with van der Waals surface area (Å²) in [5, 5.41) is 0. The van der Waals surface area contributed by atoms with Crippen LogP contribution in [0.1, 0.15) is 44.5 Å². The molecule has 0 bridgehead atoms. The second-order valence-corrected chi connectivity index (χ2v) is 10.4. The Morgan fingerprint density at radius 1 is 0.543 bits per heavy atom. The van der Waals surface area contributed by atoms with Crippen LogP contribution in [0.2, 0.25) is 0 Å². The molecule has 0 radical (unpaired) electrons. The minimum Gasteiger partial charge on any atom is -0.308 e. The smallest absolute Gasteiger partial charge is 0.0680 e. The quantitative estimate of drug-likeness (QED) is 0.240. The molecule has 4 aromatic carbocycles. The number of anilines is 3. The highest BCUT2D eigenvalue weighted by Gasteiger charge is 2.35. The van der Waals surface area contributed by atoms with Crippen molar-refractivity contribution in [3.63, 3.8) is 0 Å². The Balaban J connectivity index is 1.30. The summed E-state index contributed by atoms with van der Waals surface area (Å²) in [7, 11) is 0. The standard InChI is InChI=1S/C33H22N2/c1-2-7-26-19(4-1)12-24-15-25-14-21-8-9-30-29(32(21)28(25)17-27(24)26)16-23-6-3-5-22-13-20-10-11-34-18-31(20)35(30)33(22)23/h1-11,15,17-18H,12-14,16H2. The van der Waals surface area contributed by atoms with Gasteiger partial charge >= 0.3 is 0 Å². The van der Waals surface area contributed by atoms with E-state index in [1.807, 2.05) is 6.20 Å². The minimum atomic E-state index is 0.978. The van der Waals surface area contributed by atoms with Gasteiger partial charge in [0.15, 0.2) is 0 Å². The van der Waals surface area contributed by atoms with Crippen LogP contribution in [-0.2, 0) is 25.7 Å². The van der Waals surface area contributed by atoms with E-state index in [2.05, 4.69) is 88.9 Å². The fourth-order valence-electron chi connectivity index (χ4n) is 7.12. The van der Waals surface area contributed by atoms with Crippen LogP contribution >= 0.6 is 0 Å². The summed E-state index contributed by atoms with van der Waals surface area (Å²) in [5.41, 5.74) is 21.2. The van der Waals surface area contributed by atoms with Crippen molar-refractivity contribution in [2.45, 2.75) is 25.7 Å². The van der Waals surface area contributed by atoms with E-state index < -0.39 is 0 Å². The number of rotatable bonds is 0. The Labute approximate surface area is 204 Å². The van der Waals surface area contributed by atoms with Crippen LogP contribution in [0.4, 0.5) is 17.1 Å². The van der Waals surface area contributed by atoms with Crippen molar-refractivity contribution in [1.82, 2.24) is 4.98 Å². The van der Waals surface area contributed by atoms with Crippen LogP contribution in [0.15, 0.2) is 85.2 Å². The van der Waals surface area contributed by atoms with Gasteiger partial charge in [-0.05, 0) is 97.8 Å². The molecule has 0 atom stereocenters. The third-order valence-corrected chi connectivity index (χ3v) is 8.59. The van der Waals surface area contributed by atoms with Crippen LogP contribution < -0.4 is 4.90 Å². The average Bonchev–Trinajstić information content (AvgIpc) is 3.44. The Hall–Kier alpha value is -4.17. The van der Waals surface area contributed by atoms with E-state index in [1.165, 1.54) is 83.8 Å². The lowest BCUT2D eigenvalue weighted by Crippen LogP contribution is -2.25. The predicted octanol–water partition coefficient (Wildman–Crippen LogP) is 7.50. The molecule has 164 valence electrons. The fourth-order valence-corrected chi connectivity index (χ4v) is 7.12. The lowest BCUT2D eigenvalue weighted by atomic mass is 9.84. The molecule has 2 aliphatic heterocycles. The summed E-state index contributed by atoms with van der Waals surface area (Å²) in [4.78, 5) is 7.02. The monoisotopic (exact) mass is 446 g/mol. The van der Waals surface area contributed by atoms with Gasteiger partial charge in [0.25, 0.3) is 0 Å². The Kier molecular flexibility index (Phi) is 3.27. The molecule has 3 heterocycles. The van der Waals surface area contributed by atoms with Gasteiger partial charge in [-0.1, -0.05) is 54.6 Å². The van der Waals surface area contributed by atoms with Crippen molar-refractivity contribution in [2.75, 3.05) is 4.90 Å². The van der Waals surface area contributed by atoms with Gasteiger partial charge < -0.3 is 4.90 Å². The molecule has 9 rings (SSSR count). The molecule has 4 aliphatic rings.